The molecule has 1 amide bonds. The number of ether oxygens (including phenoxy) is 2. The van der Waals surface area contributed by atoms with Gasteiger partial charge in [0.25, 0.3) is 0 Å². The van der Waals surface area contributed by atoms with Crippen LogP contribution in [-0.4, -0.2) is 54.3 Å². The molecule has 4 heterocycles. The Morgan fingerprint density at radius 1 is 0.903 bits per heavy atom. The summed E-state index contributed by atoms with van der Waals surface area (Å²) < 4.78 is 12.1. The Balaban J connectivity index is 1.27. The van der Waals surface area contributed by atoms with E-state index < -0.39 is 0 Å². The van der Waals surface area contributed by atoms with Crippen LogP contribution in [0.5, 0.6) is 5.75 Å². The number of hydrogen-bond donors (Lipinski definition) is 0. The fourth-order valence-corrected chi connectivity index (χ4v) is 5.47. The maximum atomic E-state index is 13.4. The van der Waals surface area contributed by atoms with Gasteiger partial charge < -0.3 is 9.47 Å². The molecule has 0 unspecified atom stereocenters. The second-order valence-corrected chi connectivity index (χ2v) is 9.49. The molecule has 2 aromatic rings. The van der Waals surface area contributed by atoms with Crippen LogP contribution in [0.4, 0.5) is 4.79 Å². The predicted octanol–water partition coefficient (Wildman–Crippen LogP) is 4.41. The maximum absolute atomic E-state index is 13.4. The van der Waals surface area contributed by atoms with E-state index in [1.54, 1.807) is 0 Å². The predicted molar refractivity (Wildman–Crippen MR) is 118 cm³/mol. The summed E-state index contributed by atoms with van der Waals surface area (Å²) in [5.41, 5.74) is 3.63. The molecule has 162 valence electrons. The average molecular weight is 419 g/mol. The van der Waals surface area contributed by atoms with Crippen molar-refractivity contribution in [2.75, 3.05) is 26.2 Å². The lowest BCUT2D eigenvalue weighted by atomic mass is 9.86. The number of nitrogens with zero attached hydrogens (tertiary/aromatic N) is 2. The van der Waals surface area contributed by atoms with Crippen molar-refractivity contribution in [3.05, 3.63) is 65.2 Å². The van der Waals surface area contributed by atoms with E-state index >= 15 is 0 Å². The van der Waals surface area contributed by atoms with Gasteiger partial charge in [0.05, 0.1) is 12.1 Å². The van der Waals surface area contributed by atoms with Gasteiger partial charge in [-0.3, -0.25) is 9.80 Å². The number of rotatable bonds is 4. The Hall–Kier alpha value is -2.53. The highest BCUT2D eigenvalue weighted by Gasteiger charge is 2.39. The second-order valence-electron chi connectivity index (χ2n) is 9.49. The van der Waals surface area contributed by atoms with Crippen molar-refractivity contribution >= 4 is 6.09 Å². The third-order valence-corrected chi connectivity index (χ3v) is 7.39. The average Bonchev–Trinajstić information content (AvgIpc) is 3.64. The van der Waals surface area contributed by atoms with E-state index in [-0.39, 0.29) is 18.2 Å². The van der Waals surface area contributed by atoms with Crippen LogP contribution in [0.1, 0.15) is 48.4 Å². The van der Waals surface area contributed by atoms with E-state index in [4.69, 9.17) is 9.47 Å². The summed E-state index contributed by atoms with van der Waals surface area (Å²) in [7, 11) is 0. The normalized spacial score (nSPS) is 29.4. The van der Waals surface area contributed by atoms with Crippen LogP contribution in [0.2, 0.25) is 0 Å². The van der Waals surface area contributed by atoms with Crippen molar-refractivity contribution < 1.29 is 14.3 Å². The van der Waals surface area contributed by atoms with Crippen LogP contribution in [0, 0.1) is 5.92 Å². The summed E-state index contributed by atoms with van der Waals surface area (Å²) in [6.45, 7) is 3.86. The van der Waals surface area contributed by atoms with Gasteiger partial charge >= 0.3 is 6.09 Å². The van der Waals surface area contributed by atoms with Gasteiger partial charge in [-0.15, -0.1) is 0 Å². The van der Waals surface area contributed by atoms with Gasteiger partial charge in [-0.05, 0) is 79.9 Å². The number of piperidine rings is 3. The first-order valence-corrected chi connectivity index (χ1v) is 11.8. The highest BCUT2D eigenvalue weighted by Crippen LogP contribution is 2.38. The lowest BCUT2D eigenvalue weighted by molar-refractivity contribution is -0.0462. The van der Waals surface area contributed by atoms with Crippen molar-refractivity contribution in [3.8, 4) is 5.75 Å². The first-order chi connectivity index (χ1) is 15.2. The molecule has 5 nitrogen and oxygen atoms in total. The van der Waals surface area contributed by atoms with Crippen LogP contribution < -0.4 is 4.74 Å². The lowest BCUT2D eigenvalue weighted by Crippen LogP contribution is -2.53. The van der Waals surface area contributed by atoms with Gasteiger partial charge in [0.2, 0.25) is 0 Å². The van der Waals surface area contributed by atoms with E-state index in [1.807, 2.05) is 17.0 Å². The summed E-state index contributed by atoms with van der Waals surface area (Å²) >= 11 is 0. The molecule has 3 saturated heterocycles. The molecule has 5 heteroatoms. The molecule has 2 aromatic carbocycles. The molecular weight excluding hydrogens is 388 g/mol. The molecule has 2 bridgehead atoms. The van der Waals surface area contributed by atoms with E-state index in [9.17, 15) is 4.79 Å². The van der Waals surface area contributed by atoms with Gasteiger partial charge in [-0.2, -0.15) is 0 Å². The van der Waals surface area contributed by atoms with Crippen molar-refractivity contribution in [2.24, 2.45) is 5.92 Å². The Kier molecular flexibility index (Phi) is 4.87. The van der Waals surface area contributed by atoms with Crippen LogP contribution in [-0.2, 0) is 11.2 Å². The summed E-state index contributed by atoms with van der Waals surface area (Å²) in [4.78, 5) is 17.8. The van der Waals surface area contributed by atoms with E-state index in [0.29, 0.717) is 18.6 Å². The molecular formula is C26H30N2O3. The first-order valence-electron chi connectivity index (χ1n) is 11.8. The third kappa shape index (κ3) is 3.80. The van der Waals surface area contributed by atoms with Crippen LogP contribution >= 0.6 is 0 Å². The lowest BCUT2D eigenvalue weighted by Gasteiger charge is -2.45. The van der Waals surface area contributed by atoms with Crippen molar-refractivity contribution in [2.45, 2.75) is 50.4 Å². The first kappa shape index (κ1) is 19.2. The number of fused-ring (bicyclic) bond motifs is 4. The molecule has 5 aliphatic rings. The second kappa shape index (κ2) is 7.86. The molecule has 2 atom stereocenters. The molecule has 0 N–H and O–H groups in total. The summed E-state index contributed by atoms with van der Waals surface area (Å²) in [6, 6.07) is 16.7. The summed E-state index contributed by atoms with van der Waals surface area (Å²) in [6.07, 6.45) is 5.70. The topological polar surface area (TPSA) is 42.0 Å². The minimum absolute atomic E-state index is 0.0298. The van der Waals surface area contributed by atoms with Gasteiger partial charge in [-0.1, -0.05) is 36.4 Å². The Labute approximate surface area is 183 Å². The minimum Gasteiger partial charge on any atom is -0.490 e. The van der Waals surface area contributed by atoms with Crippen LogP contribution in [0.15, 0.2) is 48.5 Å². The fraction of sp³-hybridized carbons (Fsp3) is 0.500. The quantitative estimate of drug-likeness (QED) is 0.738. The zero-order valence-corrected chi connectivity index (χ0v) is 17.9. The summed E-state index contributed by atoms with van der Waals surface area (Å²) in [5.74, 6) is 1.43. The SMILES string of the molecule is O=C(O[C@@H]1CN2CCC1CC2)N1CCc2ccccc2[C@H]1c1ccc(OC2CC2)cc1. The number of hydrogen-bond acceptors (Lipinski definition) is 4. The van der Waals surface area contributed by atoms with Crippen LogP contribution in [0.3, 0.4) is 0 Å². The third-order valence-electron chi connectivity index (χ3n) is 7.39. The van der Waals surface area contributed by atoms with Gasteiger partial charge in [-0.25, -0.2) is 4.79 Å². The summed E-state index contributed by atoms with van der Waals surface area (Å²) in [5, 5.41) is 0. The molecule has 1 saturated carbocycles. The molecule has 31 heavy (non-hydrogen) atoms. The molecule has 0 radical (unpaired) electrons. The Morgan fingerprint density at radius 3 is 2.39 bits per heavy atom. The number of carbonyl (C=O) groups is 1. The molecule has 1 aliphatic carbocycles. The molecule has 4 fully saturated rings. The van der Waals surface area contributed by atoms with E-state index in [1.165, 1.54) is 11.1 Å². The molecule has 0 aromatic heterocycles. The number of amides is 1. The molecule has 0 spiro atoms. The monoisotopic (exact) mass is 418 g/mol. The van der Waals surface area contributed by atoms with E-state index in [0.717, 1.165) is 63.1 Å². The highest BCUT2D eigenvalue weighted by atomic mass is 16.6. The number of carbonyl (C=O) groups excluding carboxylic acids is 1. The Morgan fingerprint density at radius 2 is 1.68 bits per heavy atom. The van der Waals surface area contributed by atoms with Gasteiger partial charge in [0.15, 0.2) is 0 Å². The highest BCUT2D eigenvalue weighted by molar-refractivity contribution is 5.70. The zero-order valence-electron chi connectivity index (χ0n) is 17.9. The number of benzene rings is 2. The van der Waals surface area contributed by atoms with Crippen molar-refractivity contribution in [3.63, 3.8) is 0 Å². The van der Waals surface area contributed by atoms with Crippen molar-refractivity contribution in [1.29, 1.82) is 0 Å². The zero-order chi connectivity index (χ0) is 20.8. The standard InChI is InChI=1S/C26H30N2O3/c29-26(31-24-17-27-14-11-19(24)12-15-27)28-16-13-18-3-1-2-4-23(18)25(28)20-5-7-21(8-6-20)30-22-9-10-22/h1-8,19,22,24-25H,9-17H2/t24-,25-/m1/s1. The van der Waals surface area contributed by atoms with Gasteiger partial charge in [0.1, 0.15) is 11.9 Å². The van der Waals surface area contributed by atoms with E-state index in [2.05, 4.69) is 41.3 Å². The largest absolute Gasteiger partial charge is 0.490 e. The smallest absolute Gasteiger partial charge is 0.410 e. The maximum Gasteiger partial charge on any atom is 0.410 e. The molecule has 7 rings (SSSR count). The molecule has 4 aliphatic heterocycles. The minimum atomic E-state index is -0.170. The van der Waals surface area contributed by atoms with Crippen LogP contribution in [0.25, 0.3) is 0 Å². The van der Waals surface area contributed by atoms with Crippen molar-refractivity contribution in [1.82, 2.24) is 9.80 Å². The fourth-order valence-electron chi connectivity index (χ4n) is 5.47. The van der Waals surface area contributed by atoms with Gasteiger partial charge in [0, 0.05) is 13.1 Å². The Bertz CT molecular complexity index is 947.